The Hall–Kier alpha value is -2.78. The van der Waals surface area contributed by atoms with Crippen molar-refractivity contribution in [2.45, 2.75) is 32.6 Å². The number of aryl methyl sites for hydroxylation is 2. The molecule has 0 spiro atoms. The molecule has 0 aromatic heterocycles. The minimum atomic E-state index is -3.76. The first-order valence-electron chi connectivity index (χ1n) is 9.44. The summed E-state index contributed by atoms with van der Waals surface area (Å²) in [4.78, 5) is 24.3. The normalized spacial score (nSPS) is 11.4. The predicted octanol–water partition coefficient (Wildman–Crippen LogP) is 3.27. The number of esters is 1. The molecule has 9 heteroatoms. The third-order valence-electron chi connectivity index (χ3n) is 4.54. The molecule has 7 nitrogen and oxygen atoms in total. The van der Waals surface area contributed by atoms with E-state index >= 15 is 0 Å². The van der Waals surface area contributed by atoms with E-state index in [2.05, 4.69) is 5.32 Å². The lowest BCUT2D eigenvalue weighted by Crippen LogP contribution is -2.31. The lowest BCUT2D eigenvalue weighted by atomic mass is 10.1. The molecular weight excluding hydrogens is 411 g/mol. The monoisotopic (exact) mass is 436 g/mol. The Morgan fingerprint density at radius 2 is 1.67 bits per heavy atom. The molecule has 0 radical (unpaired) electrons. The van der Waals surface area contributed by atoms with E-state index in [1.807, 2.05) is 0 Å². The lowest BCUT2D eigenvalue weighted by molar-refractivity contribution is -0.119. The summed E-state index contributed by atoms with van der Waals surface area (Å²) in [7, 11) is -3.76. The van der Waals surface area contributed by atoms with Crippen LogP contribution in [0.15, 0.2) is 41.3 Å². The van der Waals surface area contributed by atoms with E-state index in [1.165, 1.54) is 40.7 Å². The van der Waals surface area contributed by atoms with Gasteiger partial charge >= 0.3 is 5.97 Å². The van der Waals surface area contributed by atoms with Crippen LogP contribution in [0.3, 0.4) is 0 Å². The van der Waals surface area contributed by atoms with Crippen molar-refractivity contribution in [3.05, 3.63) is 58.9 Å². The molecule has 2 rings (SSSR count). The first-order valence-corrected chi connectivity index (χ1v) is 10.9. The Labute approximate surface area is 175 Å². The second kappa shape index (κ2) is 9.82. The molecule has 0 aliphatic carbocycles. The highest BCUT2D eigenvalue weighted by molar-refractivity contribution is 7.89. The second-order valence-electron chi connectivity index (χ2n) is 6.66. The molecule has 0 saturated heterocycles. The molecular formula is C21H25FN2O5S. The van der Waals surface area contributed by atoms with Crippen molar-refractivity contribution >= 4 is 27.6 Å². The van der Waals surface area contributed by atoms with E-state index in [9.17, 15) is 22.4 Å². The predicted molar refractivity (Wildman–Crippen MR) is 111 cm³/mol. The molecule has 0 unspecified atom stereocenters. The van der Waals surface area contributed by atoms with Crippen LogP contribution in [0, 0.1) is 19.7 Å². The maximum absolute atomic E-state index is 13.6. The summed E-state index contributed by atoms with van der Waals surface area (Å²) in [5, 5.41) is 2.43. The number of halogens is 1. The van der Waals surface area contributed by atoms with Crippen LogP contribution in [0.2, 0.25) is 0 Å². The number of nitrogens with one attached hydrogen (secondary N) is 1. The molecule has 2 aromatic carbocycles. The van der Waals surface area contributed by atoms with E-state index in [1.54, 1.807) is 27.7 Å². The standard InChI is InChI=1S/C21H25FN2O5S/c1-5-24(6-2)30(27,28)19-11-16(9-7-15(19)4)21(26)29-13-20(25)23-17-10-8-14(3)18(22)12-17/h7-12H,5-6,13H2,1-4H3,(H,23,25). The molecule has 0 aliphatic heterocycles. The van der Waals surface area contributed by atoms with Crippen molar-refractivity contribution in [2.24, 2.45) is 0 Å². The van der Waals surface area contributed by atoms with E-state index in [0.717, 1.165) is 0 Å². The molecule has 0 saturated carbocycles. The molecule has 30 heavy (non-hydrogen) atoms. The Morgan fingerprint density at radius 3 is 2.27 bits per heavy atom. The summed E-state index contributed by atoms with van der Waals surface area (Å²) >= 11 is 0. The first-order chi connectivity index (χ1) is 14.1. The summed E-state index contributed by atoms with van der Waals surface area (Å²) < 4.78 is 45.4. The Morgan fingerprint density at radius 1 is 1.03 bits per heavy atom. The molecule has 1 amide bonds. The largest absolute Gasteiger partial charge is 0.452 e. The third-order valence-corrected chi connectivity index (χ3v) is 6.73. The zero-order chi connectivity index (χ0) is 22.5. The molecule has 0 aliphatic rings. The number of hydrogen-bond acceptors (Lipinski definition) is 5. The van der Waals surface area contributed by atoms with Gasteiger partial charge in [-0.1, -0.05) is 26.0 Å². The molecule has 162 valence electrons. The molecule has 0 heterocycles. The number of benzene rings is 2. The molecule has 0 fully saturated rings. The van der Waals surface area contributed by atoms with Crippen LogP contribution in [0.4, 0.5) is 10.1 Å². The van der Waals surface area contributed by atoms with Crippen molar-refractivity contribution in [3.63, 3.8) is 0 Å². The lowest BCUT2D eigenvalue weighted by Gasteiger charge is -2.20. The van der Waals surface area contributed by atoms with Gasteiger partial charge in [-0.2, -0.15) is 4.31 Å². The van der Waals surface area contributed by atoms with Gasteiger partial charge in [0.25, 0.3) is 5.91 Å². The summed E-state index contributed by atoms with van der Waals surface area (Å²) in [6.07, 6.45) is 0. The zero-order valence-corrected chi connectivity index (χ0v) is 18.2. The maximum atomic E-state index is 13.6. The van der Waals surface area contributed by atoms with Gasteiger partial charge in [0, 0.05) is 18.8 Å². The number of carbonyl (C=O) groups is 2. The van der Waals surface area contributed by atoms with Crippen LogP contribution in [0.5, 0.6) is 0 Å². The van der Waals surface area contributed by atoms with E-state index in [4.69, 9.17) is 4.74 Å². The fourth-order valence-electron chi connectivity index (χ4n) is 2.79. The minimum Gasteiger partial charge on any atom is -0.452 e. The number of ether oxygens (including phenoxy) is 1. The first kappa shape index (κ1) is 23.5. The van der Waals surface area contributed by atoms with Crippen LogP contribution >= 0.6 is 0 Å². The second-order valence-corrected chi connectivity index (χ2v) is 8.56. The van der Waals surface area contributed by atoms with Gasteiger partial charge in [-0.05, 0) is 49.2 Å². The van der Waals surface area contributed by atoms with Crippen LogP contribution in [-0.2, 0) is 19.6 Å². The van der Waals surface area contributed by atoms with Crippen LogP contribution in [-0.4, -0.2) is 44.3 Å². The smallest absolute Gasteiger partial charge is 0.338 e. The van der Waals surface area contributed by atoms with Crippen molar-refractivity contribution in [2.75, 3.05) is 25.0 Å². The van der Waals surface area contributed by atoms with Crippen LogP contribution < -0.4 is 5.32 Å². The highest BCUT2D eigenvalue weighted by Crippen LogP contribution is 2.22. The number of rotatable bonds is 8. The number of nitrogens with zero attached hydrogens (tertiary/aromatic N) is 1. The van der Waals surface area contributed by atoms with E-state index in [0.29, 0.717) is 24.2 Å². The van der Waals surface area contributed by atoms with Gasteiger partial charge in [-0.3, -0.25) is 4.79 Å². The fourth-order valence-corrected chi connectivity index (χ4v) is 4.50. The molecule has 1 N–H and O–H groups in total. The fraction of sp³-hybridized carbons (Fsp3) is 0.333. The average molecular weight is 437 g/mol. The number of carbonyl (C=O) groups excluding carboxylic acids is 2. The van der Waals surface area contributed by atoms with Gasteiger partial charge in [0.15, 0.2) is 6.61 Å². The van der Waals surface area contributed by atoms with Gasteiger partial charge in [0.2, 0.25) is 10.0 Å². The van der Waals surface area contributed by atoms with Gasteiger partial charge < -0.3 is 10.1 Å². The van der Waals surface area contributed by atoms with Crippen molar-refractivity contribution < 1.29 is 27.1 Å². The molecule has 2 aromatic rings. The maximum Gasteiger partial charge on any atom is 0.338 e. The van der Waals surface area contributed by atoms with Gasteiger partial charge in [-0.25, -0.2) is 17.6 Å². The quantitative estimate of drug-likeness (QED) is 0.641. The highest BCUT2D eigenvalue weighted by atomic mass is 32.2. The minimum absolute atomic E-state index is 0.0141. The third kappa shape index (κ3) is 5.43. The highest BCUT2D eigenvalue weighted by Gasteiger charge is 2.25. The summed E-state index contributed by atoms with van der Waals surface area (Å²) in [6, 6.07) is 8.41. The van der Waals surface area contributed by atoms with Crippen LogP contribution in [0.25, 0.3) is 0 Å². The van der Waals surface area contributed by atoms with E-state index < -0.39 is 34.3 Å². The van der Waals surface area contributed by atoms with Crippen molar-refractivity contribution in [3.8, 4) is 0 Å². The zero-order valence-electron chi connectivity index (χ0n) is 17.4. The number of amides is 1. The summed E-state index contributed by atoms with van der Waals surface area (Å²) in [5.74, 6) is -1.95. The number of anilines is 1. The molecule has 0 atom stereocenters. The van der Waals surface area contributed by atoms with Crippen molar-refractivity contribution in [1.82, 2.24) is 4.31 Å². The Kier molecular flexibility index (Phi) is 7.69. The molecule has 0 bridgehead atoms. The Bertz CT molecular complexity index is 1050. The number of hydrogen-bond donors (Lipinski definition) is 1. The van der Waals surface area contributed by atoms with Gasteiger partial charge in [-0.15, -0.1) is 0 Å². The van der Waals surface area contributed by atoms with E-state index in [-0.39, 0.29) is 16.1 Å². The number of sulfonamides is 1. The summed E-state index contributed by atoms with van der Waals surface area (Å²) in [6.45, 7) is 6.69. The van der Waals surface area contributed by atoms with Crippen molar-refractivity contribution in [1.29, 1.82) is 0 Å². The summed E-state index contributed by atoms with van der Waals surface area (Å²) in [5.41, 5.74) is 1.19. The van der Waals surface area contributed by atoms with Crippen LogP contribution in [0.1, 0.15) is 35.3 Å². The van der Waals surface area contributed by atoms with Gasteiger partial charge in [0.05, 0.1) is 10.5 Å². The SMILES string of the molecule is CCN(CC)S(=O)(=O)c1cc(C(=O)OCC(=O)Nc2ccc(C)c(F)c2)ccc1C. The average Bonchev–Trinajstić information content (AvgIpc) is 2.70. The topological polar surface area (TPSA) is 92.8 Å². The Balaban J connectivity index is 2.10. The van der Waals surface area contributed by atoms with Gasteiger partial charge in [0.1, 0.15) is 5.82 Å².